The number of hydrogen-bond donors (Lipinski definition) is 2. The molecule has 0 spiro atoms. The molecule has 114 valence electrons. The first-order valence-corrected chi connectivity index (χ1v) is 9.04. The maximum Gasteiger partial charge on any atom is 0.240 e. The average Bonchev–Trinajstić information content (AvgIpc) is 2.94. The molecule has 0 radical (unpaired) electrons. The first-order valence-electron chi connectivity index (χ1n) is 6.23. The second-order valence-corrected chi connectivity index (χ2v) is 7.97. The van der Waals surface area contributed by atoms with E-state index in [1.165, 1.54) is 17.4 Å². The van der Waals surface area contributed by atoms with Crippen molar-refractivity contribution >= 4 is 33.0 Å². The van der Waals surface area contributed by atoms with Gasteiger partial charge in [0.1, 0.15) is 5.60 Å². The number of aliphatic hydroxyl groups is 1. The molecule has 0 saturated carbocycles. The molecular formula is C14H16ClNO3S2. The number of aryl methyl sites for hydroxylation is 1. The summed E-state index contributed by atoms with van der Waals surface area (Å²) in [4.78, 5) is 0.121. The SMILES string of the molecule is Cc1ccc(Cl)cc1S(=O)(=O)NCC(C)(O)c1ccsc1. The summed E-state index contributed by atoms with van der Waals surface area (Å²) >= 11 is 7.30. The predicted molar refractivity (Wildman–Crippen MR) is 85.3 cm³/mol. The molecule has 0 aliphatic carbocycles. The Morgan fingerprint density at radius 1 is 1.38 bits per heavy atom. The van der Waals surface area contributed by atoms with Gasteiger partial charge in [-0.3, -0.25) is 0 Å². The van der Waals surface area contributed by atoms with Gasteiger partial charge in [0.2, 0.25) is 10.0 Å². The van der Waals surface area contributed by atoms with E-state index < -0.39 is 15.6 Å². The Balaban J connectivity index is 2.21. The molecule has 0 aliphatic rings. The highest BCUT2D eigenvalue weighted by Gasteiger charge is 2.27. The van der Waals surface area contributed by atoms with E-state index in [4.69, 9.17) is 11.6 Å². The fraction of sp³-hybridized carbons (Fsp3) is 0.286. The number of halogens is 1. The van der Waals surface area contributed by atoms with Crippen molar-refractivity contribution in [3.8, 4) is 0 Å². The maximum atomic E-state index is 12.3. The lowest BCUT2D eigenvalue weighted by Gasteiger charge is -2.23. The minimum absolute atomic E-state index is 0.113. The van der Waals surface area contributed by atoms with Crippen LogP contribution < -0.4 is 4.72 Å². The van der Waals surface area contributed by atoms with E-state index >= 15 is 0 Å². The molecule has 2 N–H and O–H groups in total. The minimum Gasteiger partial charge on any atom is -0.384 e. The number of thiophene rings is 1. The van der Waals surface area contributed by atoms with Crippen LogP contribution in [0.2, 0.25) is 5.02 Å². The van der Waals surface area contributed by atoms with E-state index in [9.17, 15) is 13.5 Å². The third kappa shape index (κ3) is 3.84. The third-order valence-corrected chi connectivity index (χ3v) is 5.65. The molecule has 7 heteroatoms. The van der Waals surface area contributed by atoms with Gasteiger partial charge in [-0.2, -0.15) is 11.3 Å². The van der Waals surface area contributed by atoms with Crippen molar-refractivity contribution in [3.05, 3.63) is 51.2 Å². The lowest BCUT2D eigenvalue weighted by Crippen LogP contribution is -2.38. The van der Waals surface area contributed by atoms with Crippen LogP contribution in [0.15, 0.2) is 39.9 Å². The van der Waals surface area contributed by atoms with E-state index in [0.717, 1.165) is 0 Å². The third-order valence-electron chi connectivity index (χ3n) is 3.19. The Morgan fingerprint density at radius 2 is 2.10 bits per heavy atom. The smallest absolute Gasteiger partial charge is 0.240 e. The van der Waals surface area contributed by atoms with Crippen molar-refractivity contribution in [2.75, 3.05) is 6.54 Å². The number of rotatable bonds is 5. The second kappa shape index (κ2) is 6.06. The summed E-state index contributed by atoms with van der Waals surface area (Å²) in [5, 5.41) is 14.3. The van der Waals surface area contributed by atoms with Gasteiger partial charge in [0.05, 0.1) is 4.90 Å². The van der Waals surface area contributed by atoms with Crippen LogP contribution in [0.3, 0.4) is 0 Å². The number of benzene rings is 1. The molecule has 1 heterocycles. The van der Waals surface area contributed by atoms with Gasteiger partial charge in [-0.25, -0.2) is 13.1 Å². The van der Waals surface area contributed by atoms with E-state index in [0.29, 0.717) is 16.1 Å². The van der Waals surface area contributed by atoms with Crippen molar-refractivity contribution in [3.63, 3.8) is 0 Å². The van der Waals surface area contributed by atoms with Crippen molar-refractivity contribution in [2.45, 2.75) is 24.3 Å². The summed E-state index contributed by atoms with van der Waals surface area (Å²) in [6, 6.07) is 6.45. The zero-order valence-electron chi connectivity index (χ0n) is 11.6. The van der Waals surface area contributed by atoms with E-state index in [1.807, 2.05) is 5.38 Å². The minimum atomic E-state index is -3.73. The summed E-state index contributed by atoms with van der Waals surface area (Å²) in [5.41, 5.74) is 0.0135. The highest BCUT2D eigenvalue weighted by atomic mass is 35.5. The standard InChI is InChI=1S/C14H16ClNO3S2/c1-10-3-4-12(15)7-13(10)21(18,19)16-9-14(2,17)11-5-6-20-8-11/h3-8,16-17H,9H2,1-2H3. The zero-order valence-corrected chi connectivity index (χ0v) is 14.0. The molecule has 4 nitrogen and oxygen atoms in total. The molecule has 1 aromatic heterocycles. The molecule has 1 atom stereocenters. The Labute approximate surface area is 133 Å². The second-order valence-electron chi connectivity index (χ2n) is 5.02. The van der Waals surface area contributed by atoms with Crippen LogP contribution in [0.25, 0.3) is 0 Å². The summed E-state index contributed by atoms with van der Waals surface area (Å²) in [5.74, 6) is 0. The lowest BCUT2D eigenvalue weighted by molar-refractivity contribution is 0.0632. The molecule has 1 aromatic carbocycles. The van der Waals surface area contributed by atoms with Gasteiger partial charge in [-0.1, -0.05) is 17.7 Å². The maximum absolute atomic E-state index is 12.3. The zero-order chi connectivity index (χ0) is 15.7. The Bertz CT molecular complexity index is 725. The Morgan fingerprint density at radius 3 is 2.71 bits per heavy atom. The highest BCUT2D eigenvalue weighted by molar-refractivity contribution is 7.89. The molecule has 0 aliphatic heterocycles. The number of nitrogens with one attached hydrogen (secondary N) is 1. The number of hydrogen-bond acceptors (Lipinski definition) is 4. The molecule has 2 aromatic rings. The van der Waals surface area contributed by atoms with E-state index in [2.05, 4.69) is 4.72 Å². The summed E-state index contributed by atoms with van der Waals surface area (Å²) in [7, 11) is -3.73. The normalized spacial score (nSPS) is 14.9. The van der Waals surface area contributed by atoms with Crippen LogP contribution in [0.4, 0.5) is 0 Å². The number of sulfonamides is 1. The summed E-state index contributed by atoms with van der Waals surface area (Å²) < 4.78 is 27.1. The molecule has 21 heavy (non-hydrogen) atoms. The van der Waals surface area contributed by atoms with Crippen molar-refractivity contribution < 1.29 is 13.5 Å². The predicted octanol–water partition coefficient (Wildman–Crippen LogP) is 2.90. The van der Waals surface area contributed by atoms with Gasteiger partial charge < -0.3 is 5.11 Å². The first-order chi connectivity index (χ1) is 9.72. The summed E-state index contributed by atoms with van der Waals surface area (Å²) in [6.45, 7) is 3.16. The van der Waals surface area contributed by atoms with Crippen LogP contribution in [0.1, 0.15) is 18.1 Å². The van der Waals surface area contributed by atoms with Crippen LogP contribution in [-0.4, -0.2) is 20.1 Å². The quantitative estimate of drug-likeness (QED) is 0.875. The first kappa shape index (κ1) is 16.5. The van der Waals surface area contributed by atoms with Gasteiger partial charge in [-0.05, 0) is 53.9 Å². The highest BCUT2D eigenvalue weighted by Crippen LogP contribution is 2.24. The Hall–Kier alpha value is -0.920. The molecule has 0 amide bonds. The van der Waals surface area contributed by atoms with Gasteiger partial charge in [-0.15, -0.1) is 0 Å². The summed E-state index contributed by atoms with van der Waals surface area (Å²) in [6.07, 6.45) is 0. The van der Waals surface area contributed by atoms with Gasteiger partial charge in [0.15, 0.2) is 0 Å². The monoisotopic (exact) mass is 345 g/mol. The lowest BCUT2D eigenvalue weighted by atomic mass is 10.0. The van der Waals surface area contributed by atoms with E-state index in [-0.39, 0.29) is 11.4 Å². The van der Waals surface area contributed by atoms with Crippen molar-refractivity contribution in [1.29, 1.82) is 0 Å². The molecular weight excluding hydrogens is 330 g/mol. The van der Waals surface area contributed by atoms with Crippen LogP contribution in [0.5, 0.6) is 0 Å². The van der Waals surface area contributed by atoms with Crippen molar-refractivity contribution in [2.24, 2.45) is 0 Å². The average molecular weight is 346 g/mol. The molecule has 1 unspecified atom stereocenters. The van der Waals surface area contributed by atoms with E-state index in [1.54, 1.807) is 37.4 Å². The molecule has 0 bridgehead atoms. The topological polar surface area (TPSA) is 66.4 Å². The molecule has 2 rings (SSSR count). The Kier molecular flexibility index (Phi) is 4.75. The van der Waals surface area contributed by atoms with Gasteiger partial charge in [0, 0.05) is 11.6 Å². The van der Waals surface area contributed by atoms with Gasteiger partial charge in [0.25, 0.3) is 0 Å². The fourth-order valence-electron chi connectivity index (χ4n) is 1.85. The van der Waals surface area contributed by atoms with Crippen LogP contribution in [-0.2, 0) is 15.6 Å². The van der Waals surface area contributed by atoms with Crippen LogP contribution in [0, 0.1) is 6.92 Å². The van der Waals surface area contributed by atoms with Crippen molar-refractivity contribution in [1.82, 2.24) is 4.72 Å². The molecule has 0 fully saturated rings. The fourth-order valence-corrected chi connectivity index (χ4v) is 4.27. The largest absolute Gasteiger partial charge is 0.384 e. The van der Waals surface area contributed by atoms with Crippen LogP contribution >= 0.6 is 22.9 Å². The van der Waals surface area contributed by atoms with Gasteiger partial charge >= 0.3 is 0 Å². The molecule has 0 saturated heterocycles.